The first-order chi connectivity index (χ1) is 16.8. The quantitative estimate of drug-likeness (QED) is 0.202. The highest BCUT2D eigenvalue weighted by Gasteiger charge is 2.13. The molecule has 0 bridgehead atoms. The zero-order chi connectivity index (χ0) is 22.9. The van der Waals surface area contributed by atoms with E-state index < -0.39 is 0 Å². The molecule has 6 rings (SSSR count). The molecule has 0 radical (unpaired) electrons. The number of rotatable bonds is 6. The van der Waals surface area contributed by atoms with Gasteiger partial charge in [0.05, 0.1) is 22.1 Å². The maximum atomic E-state index is 5.04. The predicted molar refractivity (Wildman–Crippen MR) is 148 cm³/mol. The summed E-state index contributed by atoms with van der Waals surface area (Å²) in [4.78, 5) is 9.75. The summed E-state index contributed by atoms with van der Waals surface area (Å²) in [7, 11) is 0. The Hall–Kier alpha value is -3.43. The molecule has 34 heavy (non-hydrogen) atoms. The summed E-state index contributed by atoms with van der Waals surface area (Å²) in [6.07, 6.45) is 4.05. The zero-order valence-corrected chi connectivity index (χ0v) is 19.9. The summed E-state index contributed by atoms with van der Waals surface area (Å²) in [5.74, 6) is 0. The number of aryl methyl sites for hydroxylation is 2. The molecule has 0 N–H and O–H groups in total. The van der Waals surface area contributed by atoms with Gasteiger partial charge in [-0.15, -0.1) is 0 Å². The van der Waals surface area contributed by atoms with Crippen molar-refractivity contribution in [2.75, 3.05) is 0 Å². The van der Waals surface area contributed by atoms with Crippen LogP contribution in [0.2, 0.25) is 0 Å². The van der Waals surface area contributed by atoms with E-state index in [0.717, 1.165) is 47.8 Å². The van der Waals surface area contributed by atoms with Gasteiger partial charge < -0.3 is 0 Å². The number of hydrogen-bond donors (Lipinski definition) is 1. The molecule has 2 heterocycles. The number of para-hydroxylation sites is 4. The molecule has 0 amide bonds. The molecule has 0 saturated heterocycles. The highest BCUT2D eigenvalue weighted by Crippen LogP contribution is 2.30. The van der Waals surface area contributed by atoms with Gasteiger partial charge in [0.25, 0.3) is 0 Å². The van der Waals surface area contributed by atoms with Gasteiger partial charge in [-0.25, -0.2) is 9.97 Å². The van der Waals surface area contributed by atoms with Gasteiger partial charge in [-0.05, 0) is 61.1 Å². The number of hydrogen-bond acceptors (Lipinski definition) is 3. The van der Waals surface area contributed by atoms with Gasteiger partial charge in [0.15, 0.2) is 0 Å². The molecule has 6 aromatic rings. The van der Waals surface area contributed by atoms with Crippen molar-refractivity contribution in [2.24, 2.45) is 0 Å². The van der Waals surface area contributed by atoms with Crippen LogP contribution in [0.15, 0.2) is 97.1 Å². The smallest absolute Gasteiger partial charge is 0.0712 e. The van der Waals surface area contributed by atoms with Crippen LogP contribution in [0.1, 0.15) is 24.0 Å². The predicted octanol–water partition coefficient (Wildman–Crippen LogP) is 7.95. The monoisotopic (exact) mass is 458 g/mol. The van der Waals surface area contributed by atoms with E-state index >= 15 is 0 Å². The standard InChI is InChI=1S/C31H26N2S/c34-21(17-19-22-24-9-1-5-13-28(24)32-29-14-6-2-10-25(22)29)18-20-23-26-11-3-7-15-30(26)33-31-16-8-4-12-27(23)31/h1-16,21,34H,17-20H2. The van der Waals surface area contributed by atoms with Crippen LogP contribution in [-0.2, 0) is 12.8 Å². The van der Waals surface area contributed by atoms with E-state index in [4.69, 9.17) is 22.6 Å². The highest BCUT2D eigenvalue weighted by molar-refractivity contribution is 7.80. The summed E-state index contributed by atoms with van der Waals surface area (Å²) in [5, 5.41) is 5.35. The van der Waals surface area contributed by atoms with Crippen molar-refractivity contribution in [3.05, 3.63) is 108 Å². The number of benzene rings is 4. The number of fused-ring (bicyclic) bond motifs is 4. The van der Waals surface area contributed by atoms with Crippen LogP contribution in [0.3, 0.4) is 0 Å². The third-order valence-electron chi connectivity index (χ3n) is 6.85. The second-order valence-corrected chi connectivity index (χ2v) is 9.71. The lowest BCUT2D eigenvalue weighted by Gasteiger charge is -2.16. The molecule has 0 spiro atoms. The molecule has 0 unspecified atom stereocenters. The fourth-order valence-electron chi connectivity index (χ4n) is 5.16. The molecule has 0 atom stereocenters. The normalized spacial score (nSPS) is 11.8. The molecule has 0 aliphatic carbocycles. The fourth-order valence-corrected chi connectivity index (χ4v) is 5.42. The molecule has 0 saturated carbocycles. The Balaban J connectivity index is 1.27. The zero-order valence-electron chi connectivity index (χ0n) is 19.0. The van der Waals surface area contributed by atoms with E-state index in [0.29, 0.717) is 5.25 Å². The molecule has 2 aromatic heterocycles. The Morgan fingerprint density at radius 2 is 0.765 bits per heavy atom. The molecule has 2 nitrogen and oxygen atoms in total. The van der Waals surface area contributed by atoms with E-state index in [1.165, 1.54) is 32.7 Å². The minimum atomic E-state index is 0.316. The number of thiol groups is 1. The van der Waals surface area contributed by atoms with Crippen molar-refractivity contribution in [3.8, 4) is 0 Å². The Bertz CT molecular complexity index is 1410. The van der Waals surface area contributed by atoms with Crippen LogP contribution < -0.4 is 0 Å². The van der Waals surface area contributed by atoms with Gasteiger partial charge >= 0.3 is 0 Å². The summed E-state index contributed by atoms with van der Waals surface area (Å²) in [6.45, 7) is 0. The molecule has 3 heteroatoms. The first-order valence-corrected chi connectivity index (χ1v) is 12.5. The van der Waals surface area contributed by atoms with Crippen molar-refractivity contribution >= 4 is 56.2 Å². The maximum absolute atomic E-state index is 5.04. The number of nitrogens with zero attached hydrogens (tertiary/aromatic N) is 2. The van der Waals surface area contributed by atoms with Crippen LogP contribution in [0.4, 0.5) is 0 Å². The minimum absolute atomic E-state index is 0.316. The summed E-state index contributed by atoms with van der Waals surface area (Å²) >= 11 is 5.04. The van der Waals surface area contributed by atoms with Gasteiger partial charge in [0.2, 0.25) is 0 Å². The Kier molecular flexibility index (Phi) is 5.64. The van der Waals surface area contributed by atoms with Crippen molar-refractivity contribution in [1.82, 2.24) is 9.97 Å². The highest BCUT2D eigenvalue weighted by atomic mass is 32.1. The third-order valence-corrected chi connectivity index (χ3v) is 7.37. The minimum Gasteiger partial charge on any atom is -0.248 e. The lowest BCUT2D eigenvalue weighted by molar-refractivity contribution is 0.706. The molecule has 166 valence electrons. The van der Waals surface area contributed by atoms with Crippen LogP contribution in [0, 0.1) is 0 Å². The lowest BCUT2D eigenvalue weighted by atomic mass is 9.95. The van der Waals surface area contributed by atoms with Crippen molar-refractivity contribution in [2.45, 2.75) is 30.9 Å². The second-order valence-electron chi connectivity index (χ2n) is 8.98. The molecule has 4 aromatic carbocycles. The van der Waals surface area contributed by atoms with Crippen LogP contribution in [-0.4, -0.2) is 15.2 Å². The second kappa shape index (κ2) is 9.08. The Morgan fingerprint density at radius 3 is 1.09 bits per heavy atom. The average molecular weight is 459 g/mol. The van der Waals surface area contributed by atoms with Crippen molar-refractivity contribution < 1.29 is 0 Å². The van der Waals surface area contributed by atoms with Gasteiger partial charge in [0.1, 0.15) is 0 Å². The topological polar surface area (TPSA) is 25.8 Å². The van der Waals surface area contributed by atoms with E-state index in [9.17, 15) is 0 Å². The molecule has 0 aliphatic rings. The van der Waals surface area contributed by atoms with Gasteiger partial charge in [-0.3, -0.25) is 0 Å². The lowest BCUT2D eigenvalue weighted by Crippen LogP contribution is -2.05. The van der Waals surface area contributed by atoms with Crippen molar-refractivity contribution in [3.63, 3.8) is 0 Å². The van der Waals surface area contributed by atoms with E-state index in [1.54, 1.807) is 0 Å². The van der Waals surface area contributed by atoms with E-state index in [1.807, 2.05) is 0 Å². The van der Waals surface area contributed by atoms with Gasteiger partial charge in [-0.1, -0.05) is 72.8 Å². The largest absolute Gasteiger partial charge is 0.248 e. The molecule has 0 fully saturated rings. The number of aromatic nitrogens is 2. The van der Waals surface area contributed by atoms with Crippen LogP contribution in [0.25, 0.3) is 43.6 Å². The summed E-state index contributed by atoms with van der Waals surface area (Å²) in [5.41, 5.74) is 7.06. The number of pyridine rings is 2. The first-order valence-electron chi connectivity index (χ1n) is 12.0. The molecule has 0 aliphatic heterocycles. The third kappa shape index (κ3) is 3.91. The van der Waals surface area contributed by atoms with E-state index in [2.05, 4.69) is 97.1 Å². The van der Waals surface area contributed by atoms with Crippen LogP contribution in [0.5, 0.6) is 0 Å². The maximum Gasteiger partial charge on any atom is 0.0712 e. The molecular weight excluding hydrogens is 432 g/mol. The van der Waals surface area contributed by atoms with Gasteiger partial charge in [0, 0.05) is 26.8 Å². The SMILES string of the molecule is SC(CCc1c2ccccc2nc2ccccc12)CCc1c2ccccc2nc2ccccc12. The summed E-state index contributed by atoms with van der Waals surface area (Å²) in [6, 6.07) is 34.0. The average Bonchev–Trinajstić information content (AvgIpc) is 2.89. The van der Waals surface area contributed by atoms with Crippen LogP contribution >= 0.6 is 12.6 Å². The summed E-state index contributed by atoms with van der Waals surface area (Å²) < 4.78 is 0. The van der Waals surface area contributed by atoms with Gasteiger partial charge in [-0.2, -0.15) is 12.6 Å². The molecular formula is C31H26N2S. The first kappa shape index (κ1) is 21.1. The van der Waals surface area contributed by atoms with Crippen molar-refractivity contribution in [1.29, 1.82) is 0 Å². The Labute approximate surface area is 205 Å². The fraction of sp³-hybridized carbons (Fsp3) is 0.161. The Morgan fingerprint density at radius 1 is 0.471 bits per heavy atom. The van der Waals surface area contributed by atoms with E-state index in [-0.39, 0.29) is 0 Å².